The third kappa shape index (κ3) is 3.76. The molecule has 0 bridgehead atoms. The van der Waals surface area contributed by atoms with E-state index in [2.05, 4.69) is 0 Å². The molecular weight excluding hydrogens is 234 g/mol. The highest BCUT2D eigenvalue weighted by Gasteiger charge is 2.08. The van der Waals surface area contributed by atoms with Crippen molar-refractivity contribution in [1.29, 1.82) is 0 Å². The Kier molecular flexibility index (Phi) is 5.17. The van der Waals surface area contributed by atoms with Gasteiger partial charge in [0.15, 0.2) is 11.5 Å². The highest BCUT2D eigenvalue weighted by atomic mass is 16.5. The number of carbonyl (C=O) groups is 2. The lowest BCUT2D eigenvalue weighted by molar-refractivity contribution is -0.129. The normalized spacial score (nSPS) is 9.72. The molecule has 0 radical (unpaired) electrons. The van der Waals surface area contributed by atoms with Crippen LogP contribution in [-0.2, 0) is 4.79 Å². The van der Waals surface area contributed by atoms with Gasteiger partial charge in [0.05, 0.1) is 20.1 Å². The number of hydrogen-bond acceptors (Lipinski definition) is 4. The van der Waals surface area contributed by atoms with Gasteiger partial charge in [0.25, 0.3) is 0 Å². The van der Waals surface area contributed by atoms with E-state index < -0.39 is 0 Å². The van der Waals surface area contributed by atoms with Crippen molar-refractivity contribution in [2.75, 3.05) is 27.8 Å². The Balaban J connectivity index is 2.62. The topological polar surface area (TPSA) is 55.8 Å². The van der Waals surface area contributed by atoms with E-state index in [0.29, 0.717) is 23.5 Å². The van der Waals surface area contributed by atoms with Gasteiger partial charge in [-0.25, -0.2) is 0 Å². The average molecular weight is 251 g/mol. The molecule has 0 aliphatic heterocycles. The van der Waals surface area contributed by atoms with Crippen LogP contribution < -0.4 is 9.47 Å². The SMILES string of the molecule is COc1cc(C=O)ccc1OCCC(=O)N(C)C. The highest BCUT2D eigenvalue weighted by molar-refractivity contribution is 5.76. The van der Waals surface area contributed by atoms with Gasteiger partial charge in [-0.1, -0.05) is 0 Å². The van der Waals surface area contributed by atoms with Gasteiger partial charge in [-0.3, -0.25) is 9.59 Å². The van der Waals surface area contributed by atoms with Gasteiger partial charge >= 0.3 is 0 Å². The molecule has 0 atom stereocenters. The molecule has 5 heteroatoms. The third-order valence-corrected chi connectivity index (χ3v) is 2.40. The van der Waals surface area contributed by atoms with Crippen LogP contribution in [0.5, 0.6) is 11.5 Å². The Morgan fingerprint density at radius 3 is 2.61 bits per heavy atom. The number of methoxy groups -OCH3 is 1. The minimum Gasteiger partial charge on any atom is -0.493 e. The Bertz CT molecular complexity index is 429. The van der Waals surface area contributed by atoms with Crippen molar-refractivity contribution >= 4 is 12.2 Å². The van der Waals surface area contributed by atoms with Crippen LogP contribution in [0, 0.1) is 0 Å². The zero-order valence-corrected chi connectivity index (χ0v) is 10.8. The molecule has 0 N–H and O–H groups in total. The van der Waals surface area contributed by atoms with Crippen LogP contribution in [0.3, 0.4) is 0 Å². The minimum absolute atomic E-state index is 0.00141. The van der Waals surface area contributed by atoms with Crippen LogP contribution in [0.25, 0.3) is 0 Å². The predicted octanol–water partition coefficient (Wildman–Crippen LogP) is 1.36. The summed E-state index contributed by atoms with van der Waals surface area (Å²) in [6.45, 7) is 0.272. The maximum atomic E-state index is 11.4. The number of ether oxygens (including phenoxy) is 2. The molecule has 0 aliphatic carbocycles. The molecule has 1 aromatic rings. The lowest BCUT2D eigenvalue weighted by Crippen LogP contribution is -2.23. The van der Waals surface area contributed by atoms with Gasteiger partial charge in [-0.2, -0.15) is 0 Å². The summed E-state index contributed by atoms with van der Waals surface area (Å²) in [7, 11) is 4.89. The first-order chi connectivity index (χ1) is 8.58. The first-order valence-corrected chi connectivity index (χ1v) is 5.54. The number of benzene rings is 1. The van der Waals surface area contributed by atoms with Crippen molar-refractivity contribution in [3.8, 4) is 11.5 Å². The van der Waals surface area contributed by atoms with Crippen molar-refractivity contribution in [3.05, 3.63) is 23.8 Å². The molecule has 0 unspecified atom stereocenters. The van der Waals surface area contributed by atoms with E-state index in [4.69, 9.17) is 9.47 Å². The zero-order valence-electron chi connectivity index (χ0n) is 10.8. The molecule has 18 heavy (non-hydrogen) atoms. The Labute approximate surface area is 106 Å². The Morgan fingerprint density at radius 1 is 1.33 bits per heavy atom. The van der Waals surface area contributed by atoms with Crippen molar-refractivity contribution in [1.82, 2.24) is 4.90 Å². The monoisotopic (exact) mass is 251 g/mol. The van der Waals surface area contributed by atoms with Crippen molar-refractivity contribution in [3.63, 3.8) is 0 Å². The van der Waals surface area contributed by atoms with E-state index in [1.54, 1.807) is 32.3 Å². The molecule has 5 nitrogen and oxygen atoms in total. The van der Waals surface area contributed by atoms with E-state index in [0.717, 1.165) is 6.29 Å². The summed E-state index contributed by atoms with van der Waals surface area (Å²) >= 11 is 0. The molecule has 0 saturated heterocycles. The van der Waals surface area contributed by atoms with Gasteiger partial charge in [0.1, 0.15) is 6.29 Å². The number of hydrogen-bond donors (Lipinski definition) is 0. The zero-order chi connectivity index (χ0) is 13.5. The second-order valence-electron chi connectivity index (χ2n) is 3.91. The van der Waals surface area contributed by atoms with E-state index in [1.165, 1.54) is 12.0 Å². The van der Waals surface area contributed by atoms with Crippen LogP contribution >= 0.6 is 0 Å². The molecule has 0 saturated carbocycles. The van der Waals surface area contributed by atoms with Crippen LogP contribution in [0.2, 0.25) is 0 Å². The largest absolute Gasteiger partial charge is 0.493 e. The van der Waals surface area contributed by atoms with Gasteiger partial charge in [0, 0.05) is 19.7 Å². The molecule has 0 heterocycles. The predicted molar refractivity (Wildman–Crippen MR) is 67.2 cm³/mol. The van der Waals surface area contributed by atoms with Gasteiger partial charge in [0.2, 0.25) is 5.91 Å². The molecule has 1 aromatic carbocycles. The Hall–Kier alpha value is -2.04. The molecule has 1 amide bonds. The summed E-state index contributed by atoms with van der Waals surface area (Å²) in [5.41, 5.74) is 0.517. The van der Waals surface area contributed by atoms with Crippen molar-refractivity contribution < 1.29 is 19.1 Å². The second-order valence-corrected chi connectivity index (χ2v) is 3.91. The summed E-state index contributed by atoms with van der Waals surface area (Å²) in [5, 5.41) is 0. The van der Waals surface area contributed by atoms with Gasteiger partial charge in [-0.15, -0.1) is 0 Å². The molecule has 1 rings (SSSR count). The quantitative estimate of drug-likeness (QED) is 0.716. The maximum Gasteiger partial charge on any atom is 0.225 e. The summed E-state index contributed by atoms with van der Waals surface area (Å²) in [6, 6.07) is 4.89. The van der Waals surface area contributed by atoms with E-state index in [-0.39, 0.29) is 12.5 Å². The van der Waals surface area contributed by atoms with Crippen LogP contribution in [0.4, 0.5) is 0 Å². The number of aldehydes is 1. The number of rotatable bonds is 6. The minimum atomic E-state index is -0.00141. The van der Waals surface area contributed by atoms with E-state index in [1.807, 2.05) is 0 Å². The lowest BCUT2D eigenvalue weighted by atomic mass is 10.2. The van der Waals surface area contributed by atoms with E-state index in [9.17, 15) is 9.59 Å². The van der Waals surface area contributed by atoms with Crippen molar-refractivity contribution in [2.24, 2.45) is 0 Å². The fourth-order valence-corrected chi connectivity index (χ4v) is 1.35. The van der Waals surface area contributed by atoms with Gasteiger partial charge in [-0.05, 0) is 18.2 Å². The van der Waals surface area contributed by atoms with Crippen molar-refractivity contribution in [2.45, 2.75) is 6.42 Å². The third-order valence-electron chi connectivity index (χ3n) is 2.40. The number of amides is 1. The first kappa shape index (κ1) is 14.0. The van der Waals surface area contributed by atoms with Crippen LogP contribution in [0.15, 0.2) is 18.2 Å². The van der Waals surface area contributed by atoms with Crippen LogP contribution in [-0.4, -0.2) is 44.9 Å². The number of nitrogens with zero attached hydrogens (tertiary/aromatic N) is 1. The molecule has 0 fully saturated rings. The molecule has 0 aromatic heterocycles. The highest BCUT2D eigenvalue weighted by Crippen LogP contribution is 2.27. The summed E-state index contributed by atoms with van der Waals surface area (Å²) < 4.78 is 10.6. The molecule has 0 aliphatic rings. The summed E-state index contributed by atoms with van der Waals surface area (Å²) in [5.74, 6) is 1.00. The standard InChI is InChI=1S/C13H17NO4/c1-14(2)13(16)6-7-18-11-5-4-10(9-15)8-12(11)17-3/h4-5,8-9H,6-7H2,1-3H3. The fraction of sp³-hybridized carbons (Fsp3) is 0.385. The van der Waals surface area contributed by atoms with E-state index >= 15 is 0 Å². The number of carbonyl (C=O) groups excluding carboxylic acids is 2. The smallest absolute Gasteiger partial charge is 0.225 e. The summed E-state index contributed by atoms with van der Waals surface area (Å²) in [6.07, 6.45) is 1.04. The van der Waals surface area contributed by atoms with Gasteiger partial charge < -0.3 is 14.4 Å². The maximum absolute atomic E-state index is 11.4. The first-order valence-electron chi connectivity index (χ1n) is 5.54. The fourth-order valence-electron chi connectivity index (χ4n) is 1.35. The molecule has 98 valence electrons. The Morgan fingerprint density at radius 2 is 2.06 bits per heavy atom. The van der Waals surface area contributed by atoms with Crippen LogP contribution in [0.1, 0.15) is 16.8 Å². The summed E-state index contributed by atoms with van der Waals surface area (Å²) in [4.78, 5) is 23.5. The average Bonchev–Trinajstić information content (AvgIpc) is 2.38. The second kappa shape index (κ2) is 6.64. The molecular formula is C13H17NO4. The lowest BCUT2D eigenvalue weighted by Gasteiger charge is -2.13. The molecule has 0 spiro atoms.